The molecule has 2 aromatic carbocycles. The van der Waals surface area contributed by atoms with Gasteiger partial charge in [0.15, 0.2) is 11.5 Å². The fraction of sp³-hybridized carbons (Fsp3) is 0.318. The number of thiophene rings is 1. The average molecular weight is 431 g/mol. The maximum atomic E-state index is 12.9. The lowest BCUT2D eigenvalue weighted by Crippen LogP contribution is -2.37. The number of aromatic hydroxyl groups is 1. The van der Waals surface area contributed by atoms with Gasteiger partial charge >= 0.3 is 0 Å². The van der Waals surface area contributed by atoms with Crippen molar-refractivity contribution in [1.82, 2.24) is 10.2 Å². The van der Waals surface area contributed by atoms with Crippen LogP contribution in [0.4, 0.5) is 0 Å². The second-order valence-corrected chi connectivity index (χ2v) is 8.34. The number of rotatable bonds is 2. The molecule has 3 heterocycles. The molecule has 1 saturated heterocycles. The predicted octanol–water partition coefficient (Wildman–Crippen LogP) is 4.03. The largest absolute Gasteiger partial charge is 0.504 e. The Hall–Kier alpha value is -2.28. The van der Waals surface area contributed by atoms with Crippen molar-refractivity contribution in [2.45, 2.75) is 13.0 Å². The van der Waals surface area contributed by atoms with E-state index in [4.69, 9.17) is 4.74 Å². The summed E-state index contributed by atoms with van der Waals surface area (Å²) < 4.78 is 7.04. The summed E-state index contributed by atoms with van der Waals surface area (Å²) >= 11 is 1.69. The van der Waals surface area contributed by atoms with Crippen LogP contribution in [0.3, 0.4) is 0 Å². The van der Waals surface area contributed by atoms with Crippen LogP contribution in [0.5, 0.6) is 11.5 Å². The molecule has 2 aliphatic rings. The lowest BCUT2D eigenvalue weighted by molar-refractivity contribution is -0.135. The van der Waals surface area contributed by atoms with Crippen LogP contribution < -0.4 is 10.1 Å². The van der Waals surface area contributed by atoms with Gasteiger partial charge in [0.2, 0.25) is 5.91 Å². The molecule has 0 bridgehead atoms. The smallest absolute Gasteiger partial charge is 0.227 e. The lowest BCUT2D eigenvalue weighted by Gasteiger charge is -2.23. The SMILES string of the molecule is Cl.O=C(C1CCNC1)N1CCOc2c(O)cc(-c3csc4ccccc34)cc2C1. The van der Waals surface area contributed by atoms with Gasteiger partial charge in [-0.05, 0) is 42.1 Å². The fourth-order valence-electron chi connectivity index (χ4n) is 4.17. The Bertz CT molecular complexity index is 1050. The number of nitrogens with one attached hydrogen (secondary N) is 1. The number of phenolic OH excluding ortho intramolecular Hbond substituents is 1. The van der Waals surface area contributed by atoms with Crippen molar-refractivity contribution in [3.05, 3.63) is 47.3 Å². The first kappa shape index (κ1) is 20.0. The van der Waals surface area contributed by atoms with Crippen LogP contribution in [-0.2, 0) is 11.3 Å². The molecular weight excluding hydrogens is 408 g/mol. The first-order valence-corrected chi connectivity index (χ1v) is 10.5. The number of amides is 1. The highest BCUT2D eigenvalue weighted by atomic mass is 35.5. The summed E-state index contributed by atoms with van der Waals surface area (Å²) in [6.45, 7) is 3.05. The normalized spacial score (nSPS) is 18.6. The minimum Gasteiger partial charge on any atom is -0.504 e. The average Bonchev–Trinajstić information content (AvgIpc) is 3.33. The second kappa shape index (κ2) is 8.22. The van der Waals surface area contributed by atoms with Crippen molar-refractivity contribution in [3.63, 3.8) is 0 Å². The Balaban J connectivity index is 0.00000205. The minimum atomic E-state index is 0. The van der Waals surface area contributed by atoms with Crippen molar-refractivity contribution in [3.8, 4) is 22.6 Å². The molecule has 1 unspecified atom stereocenters. The summed E-state index contributed by atoms with van der Waals surface area (Å²) in [7, 11) is 0. The molecule has 3 aromatic rings. The van der Waals surface area contributed by atoms with E-state index in [-0.39, 0.29) is 30.0 Å². The standard InChI is InChI=1S/C22H22N2O3S.ClH/c25-19-10-15(18-13-28-20-4-2-1-3-17(18)20)9-16-12-24(7-8-27-21(16)19)22(26)14-5-6-23-11-14;/h1-4,9-10,13-14,23,25H,5-8,11-12H2;1H. The highest BCUT2D eigenvalue weighted by Gasteiger charge is 2.29. The number of carbonyl (C=O) groups excluding carboxylic acids is 1. The predicted molar refractivity (Wildman–Crippen MR) is 118 cm³/mol. The van der Waals surface area contributed by atoms with Gasteiger partial charge in [-0.25, -0.2) is 0 Å². The number of benzene rings is 2. The van der Waals surface area contributed by atoms with Crippen LogP contribution in [0.25, 0.3) is 21.2 Å². The molecule has 152 valence electrons. The van der Waals surface area contributed by atoms with Gasteiger partial charge in [0, 0.05) is 34.3 Å². The number of ether oxygens (including phenoxy) is 1. The van der Waals surface area contributed by atoms with E-state index in [2.05, 4.69) is 28.9 Å². The first-order chi connectivity index (χ1) is 13.7. The number of halogens is 1. The minimum absolute atomic E-state index is 0. The number of hydrogen-bond acceptors (Lipinski definition) is 5. The Morgan fingerprint density at radius 2 is 2.14 bits per heavy atom. The Morgan fingerprint density at radius 1 is 1.28 bits per heavy atom. The molecule has 29 heavy (non-hydrogen) atoms. The topological polar surface area (TPSA) is 61.8 Å². The van der Waals surface area contributed by atoms with E-state index in [0.717, 1.165) is 36.2 Å². The van der Waals surface area contributed by atoms with Gasteiger partial charge in [-0.3, -0.25) is 4.79 Å². The van der Waals surface area contributed by atoms with E-state index in [1.165, 1.54) is 10.1 Å². The Morgan fingerprint density at radius 3 is 2.97 bits per heavy atom. The summed E-state index contributed by atoms with van der Waals surface area (Å²) in [5.41, 5.74) is 2.91. The molecule has 0 spiro atoms. The van der Waals surface area contributed by atoms with Crippen LogP contribution in [0.2, 0.25) is 0 Å². The summed E-state index contributed by atoms with van der Waals surface area (Å²) in [5, 5.41) is 17.2. The third-order valence-corrected chi connectivity index (χ3v) is 6.59. The van der Waals surface area contributed by atoms with Crippen molar-refractivity contribution < 1.29 is 14.6 Å². The molecule has 1 fully saturated rings. The molecule has 0 aliphatic carbocycles. The summed E-state index contributed by atoms with van der Waals surface area (Å²) in [5.74, 6) is 0.856. The number of phenols is 1. The van der Waals surface area contributed by atoms with Gasteiger partial charge in [-0.2, -0.15) is 0 Å². The molecule has 1 atom stereocenters. The molecule has 0 saturated carbocycles. The van der Waals surface area contributed by atoms with Crippen LogP contribution in [0.15, 0.2) is 41.8 Å². The van der Waals surface area contributed by atoms with E-state index in [0.29, 0.717) is 25.4 Å². The fourth-order valence-corrected chi connectivity index (χ4v) is 5.14. The molecule has 5 nitrogen and oxygen atoms in total. The van der Waals surface area contributed by atoms with Crippen LogP contribution in [0, 0.1) is 5.92 Å². The van der Waals surface area contributed by atoms with E-state index >= 15 is 0 Å². The molecule has 1 amide bonds. The summed E-state index contributed by atoms with van der Waals surface area (Å²) in [6.07, 6.45) is 0.884. The third-order valence-electron chi connectivity index (χ3n) is 5.63. The monoisotopic (exact) mass is 430 g/mol. The van der Waals surface area contributed by atoms with Crippen molar-refractivity contribution in [2.24, 2.45) is 5.92 Å². The number of carbonyl (C=O) groups is 1. The van der Waals surface area contributed by atoms with Crippen LogP contribution in [-0.4, -0.2) is 42.2 Å². The Kier molecular flexibility index (Phi) is 5.67. The van der Waals surface area contributed by atoms with E-state index in [9.17, 15) is 9.90 Å². The van der Waals surface area contributed by atoms with Crippen molar-refractivity contribution in [1.29, 1.82) is 0 Å². The van der Waals surface area contributed by atoms with Gasteiger partial charge in [0.05, 0.1) is 12.5 Å². The van der Waals surface area contributed by atoms with Gasteiger partial charge in [-0.1, -0.05) is 18.2 Å². The molecule has 7 heteroatoms. The third kappa shape index (κ3) is 3.68. The summed E-state index contributed by atoms with van der Waals surface area (Å²) in [4.78, 5) is 14.8. The van der Waals surface area contributed by atoms with Crippen molar-refractivity contribution >= 4 is 39.7 Å². The van der Waals surface area contributed by atoms with Gasteiger partial charge < -0.3 is 20.1 Å². The van der Waals surface area contributed by atoms with E-state index in [1.807, 2.05) is 17.0 Å². The zero-order valence-corrected chi connectivity index (χ0v) is 17.5. The number of nitrogens with zero attached hydrogens (tertiary/aromatic N) is 1. The molecule has 2 aliphatic heterocycles. The number of hydrogen-bond donors (Lipinski definition) is 2. The Labute approximate surface area is 179 Å². The van der Waals surface area contributed by atoms with Gasteiger partial charge in [0.1, 0.15) is 6.61 Å². The second-order valence-electron chi connectivity index (χ2n) is 7.43. The van der Waals surface area contributed by atoms with Crippen molar-refractivity contribution in [2.75, 3.05) is 26.2 Å². The first-order valence-electron chi connectivity index (χ1n) is 9.65. The lowest BCUT2D eigenvalue weighted by atomic mass is 10.0. The number of fused-ring (bicyclic) bond motifs is 2. The quantitative estimate of drug-likeness (QED) is 0.644. The molecule has 0 radical (unpaired) electrons. The highest BCUT2D eigenvalue weighted by Crippen LogP contribution is 2.41. The summed E-state index contributed by atoms with van der Waals surface area (Å²) in [6, 6.07) is 12.1. The maximum Gasteiger partial charge on any atom is 0.227 e. The molecule has 2 N–H and O–H groups in total. The highest BCUT2D eigenvalue weighted by molar-refractivity contribution is 7.17. The molecular formula is C22H23ClN2O3S. The van der Waals surface area contributed by atoms with Crippen LogP contribution in [0.1, 0.15) is 12.0 Å². The van der Waals surface area contributed by atoms with E-state index in [1.54, 1.807) is 17.4 Å². The molecule has 1 aromatic heterocycles. The van der Waals surface area contributed by atoms with Gasteiger partial charge in [0.25, 0.3) is 0 Å². The van der Waals surface area contributed by atoms with Gasteiger partial charge in [-0.15, -0.1) is 23.7 Å². The maximum absolute atomic E-state index is 12.9. The van der Waals surface area contributed by atoms with Crippen LogP contribution >= 0.6 is 23.7 Å². The van der Waals surface area contributed by atoms with E-state index < -0.39 is 0 Å². The zero-order valence-electron chi connectivity index (χ0n) is 15.9. The molecule has 5 rings (SSSR count). The zero-order chi connectivity index (χ0) is 19.1.